The molecule has 0 fully saturated rings. The Hall–Kier alpha value is -2.47. The second-order valence-corrected chi connectivity index (χ2v) is 4.33. The molecule has 6 heteroatoms. The maximum absolute atomic E-state index is 11.1. The Labute approximate surface area is 116 Å². The van der Waals surface area contributed by atoms with Crippen molar-refractivity contribution in [2.75, 3.05) is 7.05 Å². The summed E-state index contributed by atoms with van der Waals surface area (Å²) in [6, 6.07) is 8.49. The molecule has 20 heavy (non-hydrogen) atoms. The van der Waals surface area contributed by atoms with Gasteiger partial charge in [0.15, 0.2) is 0 Å². The van der Waals surface area contributed by atoms with Crippen LogP contribution in [0.15, 0.2) is 36.5 Å². The predicted octanol–water partition coefficient (Wildman–Crippen LogP) is 2.81. The molecule has 0 amide bonds. The Morgan fingerprint density at radius 2 is 2.20 bits per heavy atom. The minimum absolute atomic E-state index is 0.0638. The van der Waals surface area contributed by atoms with E-state index in [0.717, 1.165) is 11.1 Å². The Morgan fingerprint density at radius 1 is 1.40 bits per heavy atom. The van der Waals surface area contributed by atoms with Crippen LogP contribution in [0.25, 0.3) is 0 Å². The van der Waals surface area contributed by atoms with Gasteiger partial charge in [-0.25, -0.2) is 4.98 Å². The molecule has 0 unspecified atom stereocenters. The van der Waals surface area contributed by atoms with Gasteiger partial charge in [0.2, 0.25) is 11.6 Å². The monoisotopic (exact) mass is 273 g/mol. The van der Waals surface area contributed by atoms with Crippen molar-refractivity contribution in [3.05, 3.63) is 57.8 Å². The van der Waals surface area contributed by atoms with Gasteiger partial charge < -0.3 is 10.1 Å². The zero-order valence-electron chi connectivity index (χ0n) is 11.3. The summed E-state index contributed by atoms with van der Waals surface area (Å²) in [6.07, 6.45) is 1.59. The number of hydrogen-bond donors (Lipinski definition) is 1. The van der Waals surface area contributed by atoms with Gasteiger partial charge in [-0.2, -0.15) is 0 Å². The van der Waals surface area contributed by atoms with E-state index in [0.29, 0.717) is 12.4 Å². The average molecular weight is 273 g/mol. The molecule has 1 aromatic carbocycles. The molecule has 0 aliphatic heterocycles. The highest BCUT2D eigenvalue weighted by molar-refractivity contribution is 5.50. The standard InChI is InChI=1S/C14H15N3O3/c1-10-5-6-13(12(8-10)17(18)19)20-14-11(9-15-2)4-3-7-16-14/h3-8,15H,9H2,1-2H3. The van der Waals surface area contributed by atoms with Crippen molar-refractivity contribution in [1.29, 1.82) is 0 Å². The van der Waals surface area contributed by atoms with E-state index in [9.17, 15) is 10.1 Å². The normalized spacial score (nSPS) is 10.3. The number of hydrogen-bond acceptors (Lipinski definition) is 5. The van der Waals surface area contributed by atoms with Crippen LogP contribution in [0.2, 0.25) is 0 Å². The van der Waals surface area contributed by atoms with Crippen LogP contribution in [0.3, 0.4) is 0 Å². The van der Waals surface area contributed by atoms with Gasteiger partial charge in [-0.1, -0.05) is 12.1 Å². The fourth-order valence-corrected chi connectivity index (χ4v) is 1.80. The molecular formula is C14H15N3O3. The van der Waals surface area contributed by atoms with E-state index in [1.54, 1.807) is 31.3 Å². The smallest absolute Gasteiger partial charge is 0.311 e. The number of nitrogens with one attached hydrogen (secondary N) is 1. The van der Waals surface area contributed by atoms with Gasteiger partial charge in [-0.3, -0.25) is 10.1 Å². The highest BCUT2D eigenvalue weighted by Gasteiger charge is 2.17. The van der Waals surface area contributed by atoms with Crippen LogP contribution < -0.4 is 10.1 Å². The summed E-state index contributed by atoms with van der Waals surface area (Å²) >= 11 is 0. The van der Waals surface area contributed by atoms with Crippen molar-refractivity contribution in [3.8, 4) is 11.6 Å². The molecule has 0 radical (unpaired) electrons. The van der Waals surface area contributed by atoms with Crippen molar-refractivity contribution in [1.82, 2.24) is 10.3 Å². The lowest BCUT2D eigenvalue weighted by atomic mass is 10.2. The maximum Gasteiger partial charge on any atom is 0.311 e. The van der Waals surface area contributed by atoms with E-state index in [2.05, 4.69) is 10.3 Å². The minimum Gasteiger partial charge on any atom is -0.431 e. The van der Waals surface area contributed by atoms with Crippen LogP contribution in [0.1, 0.15) is 11.1 Å². The largest absolute Gasteiger partial charge is 0.431 e. The summed E-state index contributed by atoms with van der Waals surface area (Å²) < 4.78 is 5.62. The third-order valence-corrected chi connectivity index (χ3v) is 2.73. The average Bonchev–Trinajstić information content (AvgIpc) is 2.43. The quantitative estimate of drug-likeness (QED) is 0.669. The molecule has 1 heterocycles. The lowest BCUT2D eigenvalue weighted by molar-refractivity contribution is -0.385. The SMILES string of the molecule is CNCc1cccnc1Oc1ccc(C)cc1[N+](=O)[O-]. The zero-order chi connectivity index (χ0) is 14.5. The third kappa shape index (κ3) is 3.10. The molecule has 0 saturated carbocycles. The topological polar surface area (TPSA) is 77.3 Å². The molecule has 104 valence electrons. The first-order valence-electron chi connectivity index (χ1n) is 6.13. The summed E-state index contributed by atoms with van der Waals surface area (Å²) in [7, 11) is 1.81. The summed E-state index contributed by atoms with van der Waals surface area (Å²) in [6.45, 7) is 2.37. The molecule has 0 spiro atoms. The van der Waals surface area contributed by atoms with Crippen LogP contribution in [0, 0.1) is 17.0 Å². The number of rotatable bonds is 5. The molecule has 0 atom stereocenters. The lowest BCUT2D eigenvalue weighted by Crippen LogP contribution is -2.07. The van der Waals surface area contributed by atoms with Gasteiger partial charge in [-0.15, -0.1) is 0 Å². The van der Waals surface area contributed by atoms with Crippen molar-refractivity contribution >= 4 is 5.69 Å². The molecule has 6 nitrogen and oxygen atoms in total. The molecule has 1 aromatic heterocycles. The maximum atomic E-state index is 11.1. The van der Waals surface area contributed by atoms with Gasteiger partial charge in [0, 0.05) is 24.4 Å². The molecule has 0 aliphatic carbocycles. The number of nitro benzene ring substituents is 1. The van der Waals surface area contributed by atoms with Gasteiger partial charge in [0.1, 0.15) is 0 Å². The number of pyridine rings is 1. The Morgan fingerprint density at radius 3 is 2.90 bits per heavy atom. The summed E-state index contributed by atoms with van der Waals surface area (Å²) in [5.74, 6) is 0.561. The number of ether oxygens (including phenoxy) is 1. The van der Waals surface area contributed by atoms with Gasteiger partial charge in [0.05, 0.1) is 4.92 Å². The summed E-state index contributed by atoms with van der Waals surface area (Å²) in [5, 5.41) is 14.1. The van der Waals surface area contributed by atoms with Crippen LogP contribution in [-0.2, 0) is 6.54 Å². The zero-order valence-corrected chi connectivity index (χ0v) is 11.3. The predicted molar refractivity (Wildman–Crippen MR) is 74.9 cm³/mol. The molecule has 0 bridgehead atoms. The minimum atomic E-state index is -0.455. The highest BCUT2D eigenvalue weighted by Crippen LogP contribution is 2.32. The van der Waals surface area contributed by atoms with Crippen LogP contribution >= 0.6 is 0 Å². The second-order valence-electron chi connectivity index (χ2n) is 4.33. The fraction of sp³-hybridized carbons (Fsp3) is 0.214. The Kier molecular flexibility index (Phi) is 4.27. The second kappa shape index (κ2) is 6.12. The van der Waals surface area contributed by atoms with Crippen LogP contribution in [0.4, 0.5) is 5.69 Å². The van der Waals surface area contributed by atoms with E-state index >= 15 is 0 Å². The first kappa shape index (κ1) is 14.0. The van der Waals surface area contributed by atoms with Crippen molar-refractivity contribution < 1.29 is 9.66 Å². The van der Waals surface area contributed by atoms with Gasteiger partial charge in [-0.05, 0) is 31.7 Å². The number of aryl methyl sites for hydroxylation is 1. The lowest BCUT2D eigenvalue weighted by Gasteiger charge is -2.10. The van der Waals surface area contributed by atoms with E-state index in [1.165, 1.54) is 6.07 Å². The summed E-state index contributed by atoms with van der Waals surface area (Å²) in [4.78, 5) is 14.7. The van der Waals surface area contributed by atoms with E-state index in [1.807, 2.05) is 13.1 Å². The van der Waals surface area contributed by atoms with Crippen molar-refractivity contribution in [2.24, 2.45) is 0 Å². The van der Waals surface area contributed by atoms with E-state index < -0.39 is 4.92 Å². The Balaban J connectivity index is 2.37. The molecule has 1 N–H and O–H groups in total. The molecule has 0 saturated heterocycles. The molecule has 2 aromatic rings. The highest BCUT2D eigenvalue weighted by atomic mass is 16.6. The molecular weight excluding hydrogens is 258 g/mol. The van der Waals surface area contributed by atoms with E-state index in [-0.39, 0.29) is 11.4 Å². The summed E-state index contributed by atoms with van der Waals surface area (Å²) in [5.41, 5.74) is 1.58. The number of nitro groups is 1. The molecule has 0 aliphatic rings. The fourth-order valence-electron chi connectivity index (χ4n) is 1.80. The van der Waals surface area contributed by atoms with Crippen LogP contribution in [0.5, 0.6) is 11.6 Å². The Bertz CT molecular complexity index is 629. The third-order valence-electron chi connectivity index (χ3n) is 2.73. The van der Waals surface area contributed by atoms with Gasteiger partial charge in [0.25, 0.3) is 0 Å². The molecule has 2 rings (SSSR count). The number of aromatic nitrogens is 1. The van der Waals surface area contributed by atoms with Gasteiger partial charge >= 0.3 is 5.69 Å². The van der Waals surface area contributed by atoms with Crippen molar-refractivity contribution in [3.63, 3.8) is 0 Å². The van der Waals surface area contributed by atoms with Crippen LogP contribution in [-0.4, -0.2) is 17.0 Å². The van der Waals surface area contributed by atoms with Crippen molar-refractivity contribution in [2.45, 2.75) is 13.5 Å². The first-order valence-corrected chi connectivity index (χ1v) is 6.13. The number of nitrogens with zero attached hydrogens (tertiary/aromatic N) is 2. The van der Waals surface area contributed by atoms with E-state index in [4.69, 9.17) is 4.74 Å². The number of benzene rings is 1. The first-order chi connectivity index (χ1) is 9.61.